The number of benzene rings is 2. The molecule has 0 aliphatic carbocycles. The Morgan fingerprint density at radius 1 is 1.12 bits per heavy atom. The summed E-state index contributed by atoms with van der Waals surface area (Å²) in [6.45, 7) is 5.44. The van der Waals surface area contributed by atoms with Crippen LogP contribution >= 0.6 is 11.8 Å². The van der Waals surface area contributed by atoms with Gasteiger partial charge in [0.1, 0.15) is 5.75 Å². The molecule has 0 fully saturated rings. The predicted octanol–water partition coefficient (Wildman–Crippen LogP) is 4.26. The van der Waals surface area contributed by atoms with Crippen LogP contribution in [-0.2, 0) is 6.54 Å². The van der Waals surface area contributed by atoms with E-state index in [0.29, 0.717) is 17.9 Å². The first kappa shape index (κ1) is 18.2. The van der Waals surface area contributed by atoms with Gasteiger partial charge in [0.05, 0.1) is 12.2 Å². The van der Waals surface area contributed by atoms with E-state index in [1.165, 1.54) is 5.56 Å². The maximum atomic E-state index is 11.0. The van der Waals surface area contributed by atoms with E-state index in [4.69, 9.17) is 4.74 Å². The van der Waals surface area contributed by atoms with E-state index in [0.717, 1.165) is 35.1 Å². The van der Waals surface area contributed by atoms with Crippen LogP contribution in [0.5, 0.6) is 5.75 Å². The van der Waals surface area contributed by atoms with E-state index in [2.05, 4.69) is 52.9 Å². The number of hydrogen-bond donors (Lipinski definition) is 0. The van der Waals surface area contributed by atoms with Crippen molar-refractivity contribution in [1.29, 1.82) is 0 Å². The largest absolute Gasteiger partial charge is 0.492 e. The second kappa shape index (κ2) is 8.67. The van der Waals surface area contributed by atoms with Crippen LogP contribution in [0.4, 0.5) is 0 Å². The predicted molar refractivity (Wildman–Crippen MR) is 104 cm³/mol. The lowest BCUT2D eigenvalue weighted by Gasteiger charge is -2.09. The number of aromatic nitrogens is 3. The van der Waals surface area contributed by atoms with Crippen LogP contribution in [0, 0.1) is 6.92 Å². The van der Waals surface area contributed by atoms with E-state index in [1.54, 1.807) is 23.9 Å². The molecule has 0 unspecified atom stereocenters. The molecule has 0 bridgehead atoms. The average Bonchev–Trinajstić information content (AvgIpc) is 3.09. The zero-order chi connectivity index (χ0) is 18.4. The number of carbonyl (C=O) groups is 1. The molecular formula is C20H21N3O2S. The summed E-state index contributed by atoms with van der Waals surface area (Å²) in [4.78, 5) is 11.0. The molecule has 0 atom stereocenters. The van der Waals surface area contributed by atoms with Crippen LogP contribution in [0.3, 0.4) is 0 Å². The first-order valence-electron chi connectivity index (χ1n) is 8.53. The number of nitrogens with zero attached hydrogens (tertiary/aromatic N) is 3. The molecule has 3 rings (SSSR count). The first-order chi connectivity index (χ1) is 12.7. The summed E-state index contributed by atoms with van der Waals surface area (Å²) in [6, 6.07) is 15.5. The molecule has 5 nitrogen and oxygen atoms in total. The summed E-state index contributed by atoms with van der Waals surface area (Å²) in [5.74, 6) is 2.21. The number of aryl methyl sites for hydroxylation is 1. The SMILES string of the molecule is CCn1c(SCCOc2ccccc2C=O)nnc1-c1ccc(C)cc1. The zero-order valence-electron chi connectivity index (χ0n) is 14.9. The van der Waals surface area contributed by atoms with Crippen molar-refractivity contribution in [2.75, 3.05) is 12.4 Å². The van der Waals surface area contributed by atoms with Gasteiger partial charge < -0.3 is 9.30 Å². The van der Waals surface area contributed by atoms with Gasteiger partial charge in [-0.15, -0.1) is 10.2 Å². The second-order valence-electron chi connectivity index (χ2n) is 5.77. The van der Waals surface area contributed by atoms with Crippen molar-refractivity contribution < 1.29 is 9.53 Å². The summed E-state index contributed by atoms with van der Waals surface area (Å²) in [7, 11) is 0. The second-order valence-corrected chi connectivity index (χ2v) is 6.83. The number of aldehydes is 1. The molecule has 0 N–H and O–H groups in total. The van der Waals surface area contributed by atoms with Crippen LogP contribution in [0.2, 0.25) is 0 Å². The van der Waals surface area contributed by atoms with Crippen molar-refractivity contribution in [2.45, 2.75) is 25.5 Å². The van der Waals surface area contributed by atoms with Crippen molar-refractivity contribution in [3.05, 3.63) is 59.7 Å². The minimum Gasteiger partial charge on any atom is -0.492 e. The molecule has 1 heterocycles. The lowest BCUT2D eigenvalue weighted by atomic mass is 10.1. The summed E-state index contributed by atoms with van der Waals surface area (Å²) in [5, 5.41) is 9.56. The Labute approximate surface area is 157 Å². The van der Waals surface area contributed by atoms with Gasteiger partial charge in [0.25, 0.3) is 0 Å². The number of rotatable bonds is 8. The number of carbonyl (C=O) groups excluding carboxylic acids is 1. The Kier molecular flexibility index (Phi) is 6.07. The Bertz CT molecular complexity index is 875. The summed E-state index contributed by atoms with van der Waals surface area (Å²) < 4.78 is 7.82. The fourth-order valence-electron chi connectivity index (χ4n) is 2.59. The highest BCUT2D eigenvalue weighted by Crippen LogP contribution is 2.24. The van der Waals surface area contributed by atoms with E-state index < -0.39 is 0 Å². The number of ether oxygens (including phenoxy) is 1. The van der Waals surface area contributed by atoms with E-state index in [1.807, 2.05) is 12.1 Å². The highest BCUT2D eigenvalue weighted by atomic mass is 32.2. The van der Waals surface area contributed by atoms with E-state index in [9.17, 15) is 4.79 Å². The summed E-state index contributed by atoms with van der Waals surface area (Å²) in [5.41, 5.74) is 2.85. The highest BCUT2D eigenvalue weighted by Gasteiger charge is 2.13. The van der Waals surface area contributed by atoms with Gasteiger partial charge in [0.15, 0.2) is 17.3 Å². The van der Waals surface area contributed by atoms with E-state index in [-0.39, 0.29) is 0 Å². The molecule has 2 aromatic carbocycles. The third-order valence-corrected chi connectivity index (χ3v) is 4.89. The number of para-hydroxylation sites is 1. The quantitative estimate of drug-likeness (QED) is 0.338. The van der Waals surface area contributed by atoms with Crippen molar-refractivity contribution in [3.8, 4) is 17.1 Å². The Morgan fingerprint density at radius 3 is 2.62 bits per heavy atom. The lowest BCUT2D eigenvalue weighted by Crippen LogP contribution is -2.04. The standard InChI is InChI=1S/C20H21N3O2S/c1-3-23-19(16-10-8-15(2)9-11-16)21-22-20(23)26-13-12-25-18-7-5-4-6-17(18)14-24/h4-11,14H,3,12-13H2,1-2H3. The Morgan fingerprint density at radius 2 is 1.88 bits per heavy atom. The van der Waals surface area contributed by atoms with Gasteiger partial charge in [-0.2, -0.15) is 0 Å². The zero-order valence-corrected chi connectivity index (χ0v) is 15.7. The molecule has 26 heavy (non-hydrogen) atoms. The number of thioether (sulfide) groups is 1. The molecular weight excluding hydrogens is 346 g/mol. The minimum atomic E-state index is 0.492. The van der Waals surface area contributed by atoms with Crippen molar-refractivity contribution >= 4 is 18.0 Å². The normalized spacial score (nSPS) is 10.7. The minimum absolute atomic E-state index is 0.492. The van der Waals surface area contributed by atoms with Gasteiger partial charge in [-0.1, -0.05) is 53.7 Å². The van der Waals surface area contributed by atoms with Gasteiger partial charge in [0.2, 0.25) is 0 Å². The van der Waals surface area contributed by atoms with Crippen molar-refractivity contribution in [2.24, 2.45) is 0 Å². The van der Waals surface area contributed by atoms with Gasteiger partial charge in [-0.05, 0) is 26.0 Å². The van der Waals surface area contributed by atoms with Crippen LogP contribution in [0.25, 0.3) is 11.4 Å². The topological polar surface area (TPSA) is 57.0 Å². The van der Waals surface area contributed by atoms with Crippen LogP contribution in [0.15, 0.2) is 53.7 Å². The molecule has 0 aliphatic heterocycles. The van der Waals surface area contributed by atoms with Gasteiger partial charge >= 0.3 is 0 Å². The van der Waals surface area contributed by atoms with Gasteiger partial charge in [0, 0.05) is 17.9 Å². The van der Waals surface area contributed by atoms with Crippen molar-refractivity contribution in [3.63, 3.8) is 0 Å². The molecule has 1 aromatic heterocycles. The fraction of sp³-hybridized carbons (Fsp3) is 0.250. The van der Waals surface area contributed by atoms with E-state index >= 15 is 0 Å². The van der Waals surface area contributed by atoms with Crippen LogP contribution in [0.1, 0.15) is 22.8 Å². The average molecular weight is 367 g/mol. The molecule has 0 spiro atoms. The van der Waals surface area contributed by atoms with Gasteiger partial charge in [-0.3, -0.25) is 4.79 Å². The summed E-state index contributed by atoms with van der Waals surface area (Å²) >= 11 is 1.60. The Hall–Kier alpha value is -2.60. The molecule has 3 aromatic rings. The Balaban J connectivity index is 1.63. The molecule has 0 aliphatic rings. The summed E-state index contributed by atoms with van der Waals surface area (Å²) in [6.07, 6.45) is 0.810. The number of hydrogen-bond acceptors (Lipinski definition) is 5. The third kappa shape index (κ3) is 4.14. The van der Waals surface area contributed by atoms with Gasteiger partial charge in [-0.25, -0.2) is 0 Å². The van der Waals surface area contributed by atoms with Crippen LogP contribution in [-0.4, -0.2) is 33.4 Å². The molecule has 0 saturated heterocycles. The first-order valence-corrected chi connectivity index (χ1v) is 9.51. The molecule has 0 saturated carbocycles. The fourth-order valence-corrected chi connectivity index (χ4v) is 3.41. The maximum Gasteiger partial charge on any atom is 0.191 e. The highest BCUT2D eigenvalue weighted by molar-refractivity contribution is 7.99. The molecule has 6 heteroatoms. The monoisotopic (exact) mass is 367 g/mol. The van der Waals surface area contributed by atoms with Crippen LogP contribution < -0.4 is 4.74 Å². The van der Waals surface area contributed by atoms with Crippen molar-refractivity contribution in [1.82, 2.24) is 14.8 Å². The maximum absolute atomic E-state index is 11.0. The molecule has 0 radical (unpaired) electrons. The third-order valence-electron chi connectivity index (χ3n) is 3.96. The smallest absolute Gasteiger partial charge is 0.191 e. The molecule has 134 valence electrons. The molecule has 0 amide bonds. The lowest BCUT2D eigenvalue weighted by molar-refractivity contribution is 0.112.